The molecule has 18 heavy (non-hydrogen) atoms. The topological polar surface area (TPSA) is 35.0 Å². The first kappa shape index (κ1) is 12.8. The van der Waals surface area contributed by atoms with Crippen molar-refractivity contribution in [3.05, 3.63) is 41.3 Å². The molecule has 0 spiro atoms. The molecule has 2 rings (SSSR count). The molecule has 0 saturated heterocycles. The Morgan fingerprint density at radius 3 is 2.33 bits per heavy atom. The maximum Gasteiger partial charge on any atom is 0.136 e. The molecule has 2 aromatic rings. The molecule has 94 valence electrons. The molecule has 3 nitrogen and oxygen atoms in total. The Balaban J connectivity index is 2.52. The first-order chi connectivity index (χ1) is 8.63. The maximum absolute atomic E-state index is 6.16. The van der Waals surface area contributed by atoms with Crippen molar-refractivity contribution in [1.29, 1.82) is 0 Å². The highest BCUT2D eigenvalue weighted by atomic mass is 35.5. The second kappa shape index (κ2) is 5.36. The molecule has 0 bridgehead atoms. The van der Waals surface area contributed by atoms with E-state index in [0.717, 1.165) is 22.6 Å². The fourth-order valence-electron chi connectivity index (χ4n) is 1.86. The van der Waals surface area contributed by atoms with Gasteiger partial charge in [0.15, 0.2) is 0 Å². The first-order valence-electron chi connectivity index (χ1n) is 5.78. The van der Waals surface area contributed by atoms with Crippen molar-refractivity contribution in [2.75, 3.05) is 7.11 Å². The third-order valence-electron chi connectivity index (χ3n) is 2.78. The molecule has 0 fully saturated rings. The highest BCUT2D eigenvalue weighted by Crippen LogP contribution is 2.32. The van der Waals surface area contributed by atoms with Crippen LogP contribution in [-0.2, 0) is 0 Å². The molecule has 0 aliphatic carbocycles. The molecule has 1 aromatic carbocycles. The molecular formula is C14H15ClN2O. The molecule has 1 aromatic heterocycles. The summed E-state index contributed by atoms with van der Waals surface area (Å²) in [4.78, 5) is 8.40. The van der Waals surface area contributed by atoms with Gasteiger partial charge in [-0.1, -0.05) is 25.4 Å². The van der Waals surface area contributed by atoms with Gasteiger partial charge in [-0.15, -0.1) is 0 Å². The summed E-state index contributed by atoms with van der Waals surface area (Å²) in [6.07, 6.45) is 1.49. The van der Waals surface area contributed by atoms with Gasteiger partial charge in [-0.25, -0.2) is 9.97 Å². The zero-order valence-corrected chi connectivity index (χ0v) is 11.4. The smallest absolute Gasteiger partial charge is 0.136 e. The highest BCUT2D eigenvalue weighted by molar-refractivity contribution is 6.30. The summed E-state index contributed by atoms with van der Waals surface area (Å²) in [5, 5.41) is 0.519. The molecule has 0 amide bonds. The van der Waals surface area contributed by atoms with Gasteiger partial charge in [0.05, 0.1) is 12.8 Å². The number of hydrogen-bond donors (Lipinski definition) is 0. The van der Waals surface area contributed by atoms with E-state index in [0.29, 0.717) is 5.15 Å². The minimum atomic E-state index is 0.274. The Kier molecular flexibility index (Phi) is 3.82. The summed E-state index contributed by atoms with van der Waals surface area (Å²) in [7, 11) is 1.65. The Hall–Kier alpha value is -1.61. The van der Waals surface area contributed by atoms with Crippen molar-refractivity contribution in [1.82, 2.24) is 9.97 Å². The zero-order chi connectivity index (χ0) is 13.1. The summed E-state index contributed by atoms with van der Waals surface area (Å²) in [5.41, 5.74) is 2.88. The van der Waals surface area contributed by atoms with Gasteiger partial charge in [0.25, 0.3) is 0 Å². The number of rotatable bonds is 3. The van der Waals surface area contributed by atoms with Crippen LogP contribution in [0.3, 0.4) is 0 Å². The van der Waals surface area contributed by atoms with Crippen LogP contribution >= 0.6 is 11.6 Å². The van der Waals surface area contributed by atoms with Crippen LogP contribution in [0.15, 0.2) is 30.6 Å². The van der Waals surface area contributed by atoms with E-state index in [1.807, 2.05) is 24.3 Å². The van der Waals surface area contributed by atoms with Crippen molar-refractivity contribution in [3.63, 3.8) is 0 Å². The number of nitrogens with zero attached hydrogens (tertiary/aromatic N) is 2. The van der Waals surface area contributed by atoms with Gasteiger partial charge in [-0.05, 0) is 30.2 Å². The van der Waals surface area contributed by atoms with Crippen molar-refractivity contribution >= 4 is 11.6 Å². The number of benzene rings is 1. The predicted molar refractivity (Wildman–Crippen MR) is 73.1 cm³/mol. The monoisotopic (exact) mass is 262 g/mol. The van der Waals surface area contributed by atoms with Gasteiger partial charge in [0.1, 0.15) is 17.2 Å². The largest absolute Gasteiger partial charge is 0.497 e. The minimum absolute atomic E-state index is 0.274. The lowest BCUT2D eigenvalue weighted by atomic mass is 9.99. The Labute approximate surface area is 112 Å². The molecule has 0 atom stereocenters. The van der Waals surface area contributed by atoms with Gasteiger partial charge in [-0.3, -0.25) is 0 Å². The molecule has 0 radical (unpaired) electrons. The summed E-state index contributed by atoms with van der Waals surface area (Å²) < 4.78 is 5.15. The standard InChI is InChI=1S/C14H15ClN2O/c1-9(2)12-13(16-8-17-14(12)15)10-4-6-11(18-3)7-5-10/h4-9H,1-3H3. The van der Waals surface area contributed by atoms with E-state index in [9.17, 15) is 0 Å². The highest BCUT2D eigenvalue weighted by Gasteiger charge is 2.14. The fraction of sp³-hybridized carbons (Fsp3) is 0.286. The first-order valence-corrected chi connectivity index (χ1v) is 6.16. The summed E-state index contributed by atoms with van der Waals surface area (Å²) >= 11 is 6.16. The Bertz CT molecular complexity index is 538. The Morgan fingerprint density at radius 1 is 1.11 bits per heavy atom. The lowest BCUT2D eigenvalue weighted by molar-refractivity contribution is 0.415. The fourth-order valence-corrected chi connectivity index (χ4v) is 2.22. The van der Waals surface area contributed by atoms with Crippen LogP contribution in [0.1, 0.15) is 25.3 Å². The van der Waals surface area contributed by atoms with Crippen molar-refractivity contribution in [3.8, 4) is 17.0 Å². The van der Waals surface area contributed by atoms with Gasteiger partial charge in [-0.2, -0.15) is 0 Å². The predicted octanol–water partition coefficient (Wildman–Crippen LogP) is 3.93. The lowest BCUT2D eigenvalue weighted by Gasteiger charge is -2.13. The molecule has 0 unspecified atom stereocenters. The number of methoxy groups -OCH3 is 1. The third kappa shape index (κ3) is 2.46. The number of halogens is 1. The van der Waals surface area contributed by atoms with Gasteiger partial charge >= 0.3 is 0 Å². The number of aromatic nitrogens is 2. The van der Waals surface area contributed by atoms with Gasteiger partial charge < -0.3 is 4.74 Å². The van der Waals surface area contributed by atoms with Gasteiger partial charge in [0, 0.05) is 11.1 Å². The van der Waals surface area contributed by atoms with E-state index in [2.05, 4.69) is 23.8 Å². The molecule has 0 aliphatic heterocycles. The van der Waals surface area contributed by atoms with Crippen molar-refractivity contribution < 1.29 is 4.74 Å². The van der Waals surface area contributed by atoms with E-state index in [1.54, 1.807) is 7.11 Å². The molecule has 1 heterocycles. The van der Waals surface area contributed by atoms with Crippen LogP contribution in [0, 0.1) is 0 Å². The molecule has 0 aliphatic rings. The molecule has 0 N–H and O–H groups in total. The molecule has 4 heteroatoms. The van der Waals surface area contributed by atoms with E-state index in [1.165, 1.54) is 6.33 Å². The van der Waals surface area contributed by atoms with E-state index in [4.69, 9.17) is 16.3 Å². The van der Waals surface area contributed by atoms with Crippen LogP contribution in [-0.4, -0.2) is 17.1 Å². The maximum atomic E-state index is 6.16. The third-order valence-corrected chi connectivity index (χ3v) is 3.08. The lowest BCUT2D eigenvalue weighted by Crippen LogP contribution is -1.99. The van der Waals surface area contributed by atoms with Crippen LogP contribution in [0.4, 0.5) is 0 Å². The second-order valence-corrected chi connectivity index (χ2v) is 4.67. The van der Waals surface area contributed by atoms with Crippen LogP contribution in [0.2, 0.25) is 5.15 Å². The van der Waals surface area contributed by atoms with Crippen LogP contribution in [0.25, 0.3) is 11.3 Å². The SMILES string of the molecule is COc1ccc(-c2ncnc(Cl)c2C(C)C)cc1. The van der Waals surface area contributed by atoms with Crippen LogP contribution < -0.4 is 4.74 Å². The summed E-state index contributed by atoms with van der Waals surface area (Å²) in [6, 6.07) is 7.78. The average Bonchev–Trinajstić information content (AvgIpc) is 2.38. The van der Waals surface area contributed by atoms with Gasteiger partial charge in [0.2, 0.25) is 0 Å². The van der Waals surface area contributed by atoms with E-state index >= 15 is 0 Å². The Morgan fingerprint density at radius 2 is 1.78 bits per heavy atom. The second-order valence-electron chi connectivity index (χ2n) is 4.31. The van der Waals surface area contributed by atoms with Crippen LogP contribution in [0.5, 0.6) is 5.75 Å². The van der Waals surface area contributed by atoms with E-state index < -0.39 is 0 Å². The van der Waals surface area contributed by atoms with Crippen molar-refractivity contribution in [2.45, 2.75) is 19.8 Å². The molecular weight excluding hydrogens is 248 g/mol. The van der Waals surface area contributed by atoms with Crippen molar-refractivity contribution in [2.24, 2.45) is 0 Å². The number of hydrogen-bond acceptors (Lipinski definition) is 3. The summed E-state index contributed by atoms with van der Waals surface area (Å²) in [6.45, 7) is 4.16. The minimum Gasteiger partial charge on any atom is -0.497 e. The normalized spacial score (nSPS) is 10.7. The zero-order valence-electron chi connectivity index (χ0n) is 10.6. The quantitative estimate of drug-likeness (QED) is 0.786. The molecule has 0 saturated carbocycles. The summed E-state index contributed by atoms with van der Waals surface area (Å²) in [5.74, 6) is 1.10. The number of ether oxygens (including phenoxy) is 1. The van der Waals surface area contributed by atoms with E-state index in [-0.39, 0.29) is 5.92 Å². The average molecular weight is 263 g/mol.